The van der Waals surface area contributed by atoms with E-state index in [-0.39, 0.29) is 28.5 Å². The number of hydrogen-bond donors (Lipinski definition) is 2. The van der Waals surface area contributed by atoms with Gasteiger partial charge in [-0.25, -0.2) is 18.1 Å². The van der Waals surface area contributed by atoms with Gasteiger partial charge in [0.15, 0.2) is 0 Å². The molecular weight excluding hydrogens is 361 g/mol. The number of pyridine rings is 1. The van der Waals surface area contributed by atoms with Crippen LogP contribution in [0.15, 0.2) is 29.4 Å². The van der Waals surface area contributed by atoms with Crippen LogP contribution in [0.2, 0.25) is 0 Å². The number of sulfonamides is 1. The summed E-state index contributed by atoms with van der Waals surface area (Å²) in [7, 11) is -2.62. The molecule has 7 nitrogen and oxygen atoms in total. The topological polar surface area (TPSA) is 97.0 Å². The summed E-state index contributed by atoms with van der Waals surface area (Å²) in [6.45, 7) is 0. The molecule has 1 aliphatic rings. The number of H-pyrrole nitrogens is 1. The minimum absolute atomic E-state index is 0.0639. The molecule has 0 aromatic carbocycles. The normalized spacial score (nSPS) is 21.0. The van der Waals surface area contributed by atoms with Crippen molar-refractivity contribution in [3.05, 3.63) is 35.8 Å². The molecule has 136 valence electrons. The van der Waals surface area contributed by atoms with Crippen molar-refractivity contribution in [2.75, 3.05) is 7.11 Å². The zero-order valence-electron chi connectivity index (χ0n) is 13.0. The van der Waals surface area contributed by atoms with Gasteiger partial charge >= 0.3 is 6.18 Å². The minimum atomic E-state index is -4.48. The lowest BCUT2D eigenvalue weighted by atomic mass is 9.84. The first kappa shape index (κ1) is 17.7. The summed E-state index contributed by atoms with van der Waals surface area (Å²) in [4.78, 5) is 3.65. The highest BCUT2D eigenvalue weighted by molar-refractivity contribution is 7.89. The number of methoxy groups -OCH3 is 1. The molecule has 11 heteroatoms. The first-order valence-electron chi connectivity index (χ1n) is 7.32. The molecule has 0 saturated carbocycles. The second kappa shape index (κ2) is 6.30. The Morgan fingerprint density at radius 2 is 2.08 bits per heavy atom. The van der Waals surface area contributed by atoms with E-state index in [4.69, 9.17) is 4.74 Å². The molecule has 3 rings (SSSR count). The van der Waals surface area contributed by atoms with E-state index >= 15 is 0 Å². The van der Waals surface area contributed by atoms with E-state index in [1.807, 2.05) is 0 Å². The van der Waals surface area contributed by atoms with E-state index in [1.54, 1.807) is 0 Å². The number of hydrogen-bond acceptors (Lipinski definition) is 5. The molecule has 0 amide bonds. The summed E-state index contributed by atoms with van der Waals surface area (Å²) in [5, 5.41) is 6.17. The molecule has 2 aromatic rings. The van der Waals surface area contributed by atoms with Crippen LogP contribution in [0.4, 0.5) is 13.2 Å². The monoisotopic (exact) mass is 376 g/mol. The minimum Gasteiger partial charge on any atom is -0.481 e. The van der Waals surface area contributed by atoms with Gasteiger partial charge in [0, 0.05) is 29.8 Å². The Kier molecular flexibility index (Phi) is 4.45. The van der Waals surface area contributed by atoms with E-state index in [0.717, 1.165) is 12.4 Å². The summed E-state index contributed by atoms with van der Waals surface area (Å²) < 4.78 is 71.8. The predicted molar refractivity (Wildman–Crippen MR) is 80.6 cm³/mol. The van der Waals surface area contributed by atoms with E-state index in [2.05, 4.69) is 19.9 Å². The van der Waals surface area contributed by atoms with E-state index in [9.17, 15) is 21.6 Å². The Labute approximate surface area is 141 Å². The van der Waals surface area contributed by atoms with Crippen LogP contribution in [0.5, 0.6) is 5.88 Å². The van der Waals surface area contributed by atoms with Crippen molar-refractivity contribution in [2.45, 2.75) is 35.9 Å². The molecule has 2 heterocycles. The van der Waals surface area contributed by atoms with Gasteiger partial charge < -0.3 is 4.74 Å². The predicted octanol–water partition coefficient (Wildman–Crippen LogP) is 1.75. The van der Waals surface area contributed by atoms with Crippen molar-refractivity contribution < 1.29 is 26.3 Å². The summed E-state index contributed by atoms with van der Waals surface area (Å²) in [5.74, 6) is -1.53. The molecule has 0 radical (unpaired) electrons. The number of alkyl halides is 3. The van der Waals surface area contributed by atoms with E-state index in [0.29, 0.717) is 0 Å². The summed E-state index contributed by atoms with van der Waals surface area (Å²) in [6.07, 6.45) is -2.54. The fraction of sp³-hybridized carbons (Fsp3) is 0.429. The lowest BCUT2D eigenvalue weighted by Gasteiger charge is -2.30. The van der Waals surface area contributed by atoms with Crippen LogP contribution in [0, 0.1) is 0 Å². The standard InChI is InChI=1S/C14H15F3N4O3S/c1-24-13-3-2-9(6-18-13)25(22,23)21-8-4-11(14(15,16)17)10-7-19-20-12(10)5-8/h2-3,6-8,11,21H,4-5H2,1H3,(H,19,20). The van der Waals surface area contributed by atoms with Gasteiger partial charge in [-0.3, -0.25) is 5.10 Å². The Bertz CT molecular complexity index is 849. The van der Waals surface area contributed by atoms with Gasteiger partial charge in [-0.05, 0) is 12.5 Å². The third kappa shape index (κ3) is 3.61. The van der Waals surface area contributed by atoms with Gasteiger partial charge in [0.1, 0.15) is 4.90 Å². The molecule has 2 unspecified atom stereocenters. The first-order valence-corrected chi connectivity index (χ1v) is 8.80. The molecule has 2 atom stereocenters. The van der Waals surface area contributed by atoms with Gasteiger partial charge in [-0.2, -0.15) is 18.3 Å². The zero-order chi connectivity index (χ0) is 18.2. The molecular formula is C14H15F3N4O3S. The van der Waals surface area contributed by atoms with Crippen LogP contribution in [0.3, 0.4) is 0 Å². The second-order valence-corrected chi connectivity index (χ2v) is 7.41. The molecule has 2 N–H and O–H groups in total. The van der Waals surface area contributed by atoms with Gasteiger partial charge in [0.2, 0.25) is 15.9 Å². The van der Waals surface area contributed by atoms with Gasteiger partial charge in [0.05, 0.1) is 25.4 Å². The van der Waals surface area contributed by atoms with Crippen molar-refractivity contribution in [3.63, 3.8) is 0 Å². The van der Waals surface area contributed by atoms with Crippen LogP contribution in [-0.2, 0) is 16.4 Å². The number of ether oxygens (including phenoxy) is 1. The third-order valence-corrected chi connectivity index (χ3v) is 5.55. The average molecular weight is 376 g/mol. The van der Waals surface area contributed by atoms with Gasteiger partial charge in [0.25, 0.3) is 0 Å². The zero-order valence-corrected chi connectivity index (χ0v) is 13.9. The summed E-state index contributed by atoms with van der Waals surface area (Å²) in [6, 6.07) is 1.73. The average Bonchev–Trinajstić information content (AvgIpc) is 3.01. The first-order chi connectivity index (χ1) is 11.7. The van der Waals surface area contributed by atoms with E-state index in [1.165, 1.54) is 19.2 Å². The maximum atomic E-state index is 13.3. The van der Waals surface area contributed by atoms with Crippen molar-refractivity contribution in [1.82, 2.24) is 19.9 Å². The molecule has 0 spiro atoms. The Hall–Kier alpha value is -2.14. The number of halogens is 3. The SMILES string of the molecule is COc1ccc(S(=O)(=O)NC2Cc3[nH]ncc3C(C(F)(F)F)C2)cn1. The fourth-order valence-corrected chi connectivity index (χ4v) is 4.05. The summed E-state index contributed by atoms with van der Waals surface area (Å²) in [5.41, 5.74) is 0.350. The summed E-state index contributed by atoms with van der Waals surface area (Å²) >= 11 is 0. The number of nitrogens with zero attached hydrogens (tertiary/aromatic N) is 2. The molecule has 0 saturated heterocycles. The number of aromatic nitrogens is 3. The van der Waals surface area contributed by atoms with Crippen LogP contribution in [0.25, 0.3) is 0 Å². The highest BCUT2D eigenvalue weighted by atomic mass is 32.2. The maximum absolute atomic E-state index is 13.3. The number of fused-ring (bicyclic) bond motifs is 1. The van der Waals surface area contributed by atoms with Crippen LogP contribution in [0.1, 0.15) is 23.6 Å². The van der Waals surface area contributed by atoms with E-state index < -0.39 is 34.6 Å². The Morgan fingerprint density at radius 3 is 2.68 bits per heavy atom. The Balaban J connectivity index is 1.83. The number of nitrogens with one attached hydrogen (secondary N) is 2. The molecule has 1 aliphatic carbocycles. The van der Waals surface area contributed by atoms with Crippen molar-refractivity contribution in [2.24, 2.45) is 0 Å². The van der Waals surface area contributed by atoms with Gasteiger partial charge in [-0.1, -0.05) is 0 Å². The van der Waals surface area contributed by atoms with Gasteiger partial charge in [-0.15, -0.1) is 0 Å². The highest BCUT2D eigenvalue weighted by Crippen LogP contribution is 2.42. The van der Waals surface area contributed by atoms with Crippen LogP contribution in [-0.4, -0.2) is 42.9 Å². The van der Waals surface area contributed by atoms with Crippen LogP contribution >= 0.6 is 0 Å². The quantitative estimate of drug-likeness (QED) is 0.847. The van der Waals surface area contributed by atoms with Crippen molar-refractivity contribution in [1.29, 1.82) is 0 Å². The third-order valence-electron chi connectivity index (χ3n) is 4.04. The molecule has 0 aliphatic heterocycles. The smallest absolute Gasteiger partial charge is 0.395 e. The molecule has 2 aromatic heterocycles. The number of rotatable bonds is 4. The lowest BCUT2D eigenvalue weighted by molar-refractivity contribution is -0.154. The molecule has 0 fully saturated rings. The molecule has 25 heavy (non-hydrogen) atoms. The Morgan fingerprint density at radius 1 is 1.32 bits per heavy atom. The fourth-order valence-electron chi connectivity index (χ4n) is 2.86. The number of aromatic amines is 1. The largest absolute Gasteiger partial charge is 0.481 e. The van der Waals surface area contributed by atoms with Crippen molar-refractivity contribution >= 4 is 10.0 Å². The molecule has 0 bridgehead atoms. The highest BCUT2D eigenvalue weighted by Gasteiger charge is 2.46. The lowest BCUT2D eigenvalue weighted by Crippen LogP contribution is -2.42. The van der Waals surface area contributed by atoms with Crippen LogP contribution < -0.4 is 9.46 Å². The maximum Gasteiger partial charge on any atom is 0.395 e. The van der Waals surface area contributed by atoms with Crippen molar-refractivity contribution in [3.8, 4) is 5.88 Å². The second-order valence-electron chi connectivity index (χ2n) is 5.69.